The summed E-state index contributed by atoms with van der Waals surface area (Å²) in [6.07, 6.45) is 1.63. The average Bonchev–Trinajstić information content (AvgIpc) is 2.49. The van der Waals surface area contributed by atoms with Gasteiger partial charge in [-0.3, -0.25) is 0 Å². The maximum absolute atomic E-state index is 14.4. The number of ether oxygens (including phenoxy) is 1. The highest BCUT2D eigenvalue weighted by Gasteiger charge is 2.13. The van der Waals surface area contributed by atoms with Crippen LogP contribution in [0.5, 0.6) is 5.75 Å². The quantitative estimate of drug-likeness (QED) is 0.887. The number of rotatable bonds is 6. The Kier molecular flexibility index (Phi) is 5.11. The monoisotopic (exact) mass is 289 g/mol. The van der Waals surface area contributed by atoms with Gasteiger partial charge in [0.2, 0.25) is 0 Å². The van der Waals surface area contributed by atoms with Crippen molar-refractivity contribution in [3.63, 3.8) is 0 Å². The van der Waals surface area contributed by atoms with Crippen molar-refractivity contribution in [2.24, 2.45) is 0 Å². The van der Waals surface area contributed by atoms with Crippen LogP contribution >= 0.6 is 0 Å². The van der Waals surface area contributed by atoms with E-state index >= 15 is 0 Å². The van der Waals surface area contributed by atoms with Crippen LogP contribution in [0.4, 0.5) is 10.2 Å². The number of anilines is 1. The first-order valence-corrected chi connectivity index (χ1v) is 6.77. The molecule has 0 spiro atoms. The first-order valence-electron chi connectivity index (χ1n) is 6.77. The second-order valence-electron chi connectivity index (χ2n) is 4.85. The van der Waals surface area contributed by atoms with E-state index in [1.165, 1.54) is 0 Å². The molecule has 1 aromatic carbocycles. The van der Waals surface area contributed by atoms with Gasteiger partial charge in [0, 0.05) is 31.9 Å². The molecule has 0 saturated heterocycles. The smallest absolute Gasteiger partial charge is 0.170 e. The van der Waals surface area contributed by atoms with Crippen LogP contribution in [0.15, 0.2) is 36.5 Å². The molecule has 112 valence electrons. The summed E-state index contributed by atoms with van der Waals surface area (Å²) < 4.78 is 19.6. The molecule has 1 N–H and O–H groups in total. The zero-order chi connectivity index (χ0) is 15.2. The average molecular weight is 289 g/mol. The van der Waals surface area contributed by atoms with Gasteiger partial charge < -0.3 is 15.0 Å². The van der Waals surface area contributed by atoms with Crippen LogP contribution in [0, 0.1) is 5.82 Å². The summed E-state index contributed by atoms with van der Waals surface area (Å²) in [6, 6.07) is 9.41. The zero-order valence-electron chi connectivity index (χ0n) is 12.6. The molecule has 21 heavy (non-hydrogen) atoms. The number of hydrogen-bond donors (Lipinski definition) is 1. The highest BCUT2D eigenvalue weighted by atomic mass is 19.1. The Hall–Kier alpha value is -2.14. The summed E-state index contributed by atoms with van der Waals surface area (Å²) in [5.74, 6) is 0.862. The molecule has 0 saturated carbocycles. The Morgan fingerprint density at radius 1 is 1.33 bits per heavy atom. The second kappa shape index (κ2) is 7.04. The van der Waals surface area contributed by atoms with Crippen LogP contribution in [0.1, 0.15) is 11.1 Å². The second-order valence-corrected chi connectivity index (χ2v) is 4.85. The molecule has 0 atom stereocenters. The zero-order valence-corrected chi connectivity index (χ0v) is 12.6. The van der Waals surface area contributed by atoms with Crippen molar-refractivity contribution >= 4 is 5.82 Å². The highest BCUT2D eigenvalue weighted by Crippen LogP contribution is 2.21. The summed E-state index contributed by atoms with van der Waals surface area (Å²) >= 11 is 0. The van der Waals surface area contributed by atoms with Crippen molar-refractivity contribution < 1.29 is 9.13 Å². The first kappa shape index (κ1) is 15.3. The molecule has 5 heteroatoms. The third-order valence-corrected chi connectivity index (χ3v) is 3.23. The summed E-state index contributed by atoms with van der Waals surface area (Å²) in [5, 5.41) is 2.95. The number of nitrogens with one attached hydrogen (secondary N) is 1. The minimum Gasteiger partial charge on any atom is -0.497 e. The van der Waals surface area contributed by atoms with Gasteiger partial charge in [0.05, 0.1) is 7.11 Å². The van der Waals surface area contributed by atoms with E-state index in [1.54, 1.807) is 31.3 Å². The van der Waals surface area contributed by atoms with Crippen LogP contribution in [0.2, 0.25) is 0 Å². The van der Waals surface area contributed by atoms with Crippen LogP contribution in [-0.2, 0) is 13.1 Å². The standard InChI is InChI=1S/C16H20FN3O/c1-18-10-13-7-8-19-16(15(13)17)20(2)11-12-5-4-6-14(9-12)21-3/h4-9,18H,10-11H2,1-3H3. The maximum atomic E-state index is 14.4. The molecule has 0 bridgehead atoms. The topological polar surface area (TPSA) is 37.4 Å². The lowest BCUT2D eigenvalue weighted by Crippen LogP contribution is -2.20. The minimum absolute atomic E-state index is 0.280. The van der Waals surface area contributed by atoms with E-state index in [1.807, 2.05) is 31.3 Å². The summed E-state index contributed by atoms with van der Waals surface area (Å²) in [4.78, 5) is 5.95. The molecular weight excluding hydrogens is 269 g/mol. The molecule has 1 aromatic heterocycles. The van der Waals surface area contributed by atoms with E-state index in [0.29, 0.717) is 24.5 Å². The predicted molar refractivity (Wildman–Crippen MR) is 82.1 cm³/mol. The van der Waals surface area contributed by atoms with E-state index in [-0.39, 0.29) is 5.82 Å². The van der Waals surface area contributed by atoms with E-state index in [4.69, 9.17) is 4.74 Å². The summed E-state index contributed by atoms with van der Waals surface area (Å²) in [5.41, 5.74) is 1.65. The third-order valence-electron chi connectivity index (χ3n) is 3.23. The van der Waals surface area contributed by atoms with Crippen LogP contribution < -0.4 is 15.0 Å². The normalized spacial score (nSPS) is 10.5. The van der Waals surface area contributed by atoms with Crippen molar-refractivity contribution in [1.29, 1.82) is 0 Å². The van der Waals surface area contributed by atoms with Crippen molar-refractivity contribution in [1.82, 2.24) is 10.3 Å². The van der Waals surface area contributed by atoms with Crippen molar-refractivity contribution in [3.8, 4) is 5.75 Å². The molecule has 0 amide bonds. The van der Waals surface area contributed by atoms with E-state index < -0.39 is 0 Å². The van der Waals surface area contributed by atoms with Crippen LogP contribution in [0.25, 0.3) is 0 Å². The molecular formula is C16H20FN3O. The van der Waals surface area contributed by atoms with Crippen molar-refractivity contribution in [2.45, 2.75) is 13.1 Å². The Balaban J connectivity index is 2.19. The first-order chi connectivity index (χ1) is 10.2. The maximum Gasteiger partial charge on any atom is 0.170 e. The number of benzene rings is 1. The van der Waals surface area contributed by atoms with Gasteiger partial charge in [-0.05, 0) is 30.8 Å². The molecule has 0 fully saturated rings. The number of nitrogens with zero attached hydrogens (tertiary/aromatic N) is 2. The Morgan fingerprint density at radius 2 is 2.14 bits per heavy atom. The largest absolute Gasteiger partial charge is 0.497 e. The van der Waals surface area contributed by atoms with Gasteiger partial charge in [0.1, 0.15) is 5.75 Å². The molecule has 2 rings (SSSR count). The molecule has 0 unspecified atom stereocenters. The molecule has 0 aliphatic rings. The van der Waals surface area contributed by atoms with Gasteiger partial charge in [-0.15, -0.1) is 0 Å². The van der Waals surface area contributed by atoms with Gasteiger partial charge in [-0.25, -0.2) is 9.37 Å². The van der Waals surface area contributed by atoms with E-state index in [0.717, 1.165) is 11.3 Å². The fraction of sp³-hybridized carbons (Fsp3) is 0.312. The van der Waals surface area contributed by atoms with Crippen molar-refractivity contribution in [3.05, 3.63) is 53.5 Å². The Bertz CT molecular complexity index is 604. The minimum atomic E-state index is -0.280. The molecule has 4 nitrogen and oxygen atoms in total. The van der Waals surface area contributed by atoms with Crippen LogP contribution in [0.3, 0.4) is 0 Å². The lowest BCUT2D eigenvalue weighted by Gasteiger charge is -2.20. The lowest BCUT2D eigenvalue weighted by molar-refractivity contribution is 0.414. The molecule has 1 heterocycles. The predicted octanol–water partition coefficient (Wildman–Crippen LogP) is 2.59. The van der Waals surface area contributed by atoms with Gasteiger partial charge in [-0.1, -0.05) is 12.1 Å². The number of hydrogen-bond acceptors (Lipinski definition) is 4. The lowest BCUT2D eigenvalue weighted by atomic mass is 10.2. The van der Waals surface area contributed by atoms with E-state index in [2.05, 4.69) is 10.3 Å². The summed E-state index contributed by atoms with van der Waals surface area (Å²) in [6.45, 7) is 1.04. The molecule has 0 aliphatic heterocycles. The van der Waals surface area contributed by atoms with Crippen molar-refractivity contribution in [2.75, 3.05) is 26.1 Å². The fourth-order valence-corrected chi connectivity index (χ4v) is 2.18. The highest BCUT2D eigenvalue weighted by molar-refractivity contribution is 5.43. The van der Waals surface area contributed by atoms with Gasteiger partial charge in [0.25, 0.3) is 0 Å². The van der Waals surface area contributed by atoms with Crippen LogP contribution in [-0.4, -0.2) is 26.2 Å². The Labute approximate surface area is 124 Å². The third kappa shape index (κ3) is 3.70. The number of halogens is 1. The van der Waals surface area contributed by atoms with Gasteiger partial charge in [0.15, 0.2) is 11.6 Å². The Morgan fingerprint density at radius 3 is 2.86 bits per heavy atom. The van der Waals surface area contributed by atoms with Gasteiger partial charge in [-0.2, -0.15) is 0 Å². The molecule has 2 aromatic rings. The van der Waals surface area contributed by atoms with E-state index in [9.17, 15) is 4.39 Å². The molecule has 0 radical (unpaired) electrons. The number of methoxy groups -OCH3 is 1. The number of aromatic nitrogens is 1. The fourth-order valence-electron chi connectivity index (χ4n) is 2.18. The molecule has 0 aliphatic carbocycles. The van der Waals surface area contributed by atoms with Gasteiger partial charge >= 0.3 is 0 Å². The summed E-state index contributed by atoms with van der Waals surface area (Å²) in [7, 11) is 5.25. The number of pyridine rings is 1. The SMILES string of the molecule is CNCc1ccnc(N(C)Cc2cccc(OC)c2)c1F.